The minimum absolute atomic E-state index is 0.253. The summed E-state index contributed by atoms with van der Waals surface area (Å²) in [4.78, 5) is 2.92. The Hall–Kier alpha value is -1.08. The van der Waals surface area contributed by atoms with Crippen LogP contribution in [0, 0.1) is 5.82 Å². The van der Waals surface area contributed by atoms with Crippen LogP contribution >= 0.6 is 12.1 Å². The molecule has 2 rings (SSSR count). The van der Waals surface area contributed by atoms with Gasteiger partial charge in [0.2, 0.25) is 0 Å². The maximum absolute atomic E-state index is 13.4. The van der Waals surface area contributed by atoms with E-state index < -0.39 is 0 Å². The molecule has 0 aliphatic carbocycles. The summed E-state index contributed by atoms with van der Waals surface area (Å²) >= 11 is 1.47. The van der Waals surface area contributed by atoms with Crippen LogP contribution in [0.5, 0.6) is 0 Å². The monoisotopic (exact) mass is 269 g/mol. The number of nitrogens with one attached hydrogen (secondary N) is 2. The van der Waals surface area contributed by atoms with Gasteiger partial charge in [-0.25, -0.2) is 9.82 Å². The molecule has 1 heterocycles. The zero-order valence-corrected chi connectivity index (χ0v) is 10.9. The fourth-order valence-corrected chi connectivity index (χ4v) is 2.18. The Morgan fingerprint density at radius 1 is 1.39 bits per heavy atom. The molecular weight excluding hydrogens is 253 g/mol. The Kier molecular flexibility index (Phi) is 4.60. The fraction of sp³-hybridized carbons (Fsp3) is 0.333. The normalized spacial score (nSPS) is 13.7. The van der Waals surface area contributed by atoms with Gasteiger partial charge in [0.05, 0.1) is 18.7 Å². The van der Waals surface area contributed by atoms with Gasteiger partial charge in [-0.3, -0.25) is 4.31 Å². The number of aliphatic hydroxyl groups is 1. The number of hydrogen-bond acceptors (Lipinski definition) is 5. The van der Waals surface area contributed by atoms with Crippen molar-refractivity contribution in [2.75, 3.05) is 7.05 Å². The van der Waals surface area contributed by atoms with E-state index in [0.29, 0.717) is 5.56 Å². The van der Waals surface area contributed by atoms with Crippen molar-refractivity contribution < 1.29 is 9.50 Å². The maximum Gasteiger partial charge on any atom is 0.128 e. The summed E-state index contributed by atoms with van der Waals surface area (Å²) in [6, 6.07) is 5.00. The number of hydrogen-bond donors (Lipinski definition) is 3. The highest BCUT2D eigenvalue weighted by atomic mass is 32.2. The first-order valence-corrected chi connectivity index (χ1v) is 6.48. The molecule has 3 N–H and O–H groups in total. The molecular formula is C12H16FN3OS. The van der Waals surface area contributed by atoms with Gasteiger partial charge in [-0.15, -0.1) is 0 Å². The van der Waals surface area contributed by atoms with Crippen LogP contribution in [0.3, 0.4) is 0 Å². The van der Waals surface area contributed by atoms with E-state index >= 15 is 0 Å². The van der Waals surface area contributed by atoms with Crippen molar-refractivity contribution >= 4 is 12.1 Å². The standard InChI is InChI=1S/C12H16FN3OS/c1-14-15-18-16-7-11(16)5-3-9-2-4-10(8-17)12(13)6-9/h2,4,6-7,14-15,17H,3,5,8H2,1H3. The molecule has 0 fully saturated rings. The first kappa shape index (κ1) is 13.4. The molecule has 0 saturated heterocycles. The van der Waals surface area contributed by atoms with Crippen LogP contribution in [0.15, 0.2) is 30.1 Å². The van der Waals surface area contributed by atoms with E-state index in [1.165, 1.54) is 23.9 Å². The van der Waals surface area contributed by atoms with Gasteiger partial charge >= 0.3 is 0 Å². The van der Waals surface area contributed by atoms with Crippen LogP contribution in [-0.2, 0) is 13.0 Å². The van der Waals surface area contributed by atoms with E-state index in [0.717, 1.165) is 18.4 Å². The number of halogens is 1. The highest BCUT2D eigenvalue weighted by molar-refractivity contribution is 7.95. The largest absolute Gasteiger partial charge is 0.392 e. The van der Waals surface area contributed by atoms with Crippen LogP contribution in [0.2, 0.25) is 0 Å². The molecule has 18 heavy (non-hydrogen) atoms. The number of rotatable bonds is 7. The minimum Gasteiger partial charge on any atom is -0.392 e. The Labute approximate surface area is 110 Å². The third kappa shape index (κ3) is 3.46. The maximum atomic E-state index is 13.4. The summed E-state index contributed by atoms with van der Waals surface area (Å²) in [7, 11) is 1.81. The van der Waals surface area contributed by atoms with Crippen LogP contribution in [0.1, 0.15) is 17.5 Å². The zero-order valence-electron chi connectivity index (χ0n) is 10.1. The molecule has 0 radical (unpaired) electrons. The zero-order chi connectivity index (χ0) is 13.0. The van der Waals surface area contributed by atoms with Gasteiger partial charge in [-0.05, 0) is 31.5 Å². The number of benzene rings is 1. The average Bonchev–Trinajstić information content (AvgIpc) is 3.12. The first-order chi connectivity index (χ1) is 8.74. The molecule has 0 spiro atoms. The van der Waals surface area contributed by atoms with E-state index in [1.807, 2.05) is 23.6 Å². The SMILES string of the molecule is CNNSN1C=C1CCc1ccc(CO)c(F)c1. The number of allylic oxidation sites excluding steroid dienone is 1. The number of aliphatic hydroxyl groups excluding tert-OH is 1. The molecule has 0 bridgehead atoms. The lowest BCUT2D eigenvalue weighted by molar-refractivity contribution is 0.275. The predicted octanol–water partition coefficient (Wildman–Crippen LogP) is 1.69. The summed E-state index contributed by atoms with van der Waals surface area (Å²) < 4.78 is 15.4. The first-order valence-electron chi connectivity index (χ1n) is 5.71. The Morgan fingerprint density at radius 3 is 2.89 bits per heavy atom. The van der Waals surface area contributed by atoms with Crippen molar-refractivity contribution in [3.8, 4) is 0 Å². The van der Waals surface area contributed by atoms with Crippen LogP contribution in [-0.4, -0.2) is 16.5 Å². The van der Waals surface area contributed by atoms with Crippen molar-refractivity contribution in [1.29, 1.82) is 0 Å². The van der Waals surface area contributed by atoms with Crippen molar-refractivity contribution in [2.45, 2.75) is 19.4 Å². The Morgan fingerprint density at radius 2 is 2.22 bits per heavy atom. The molecule has 0 saturated carbocycles. The van der Waals surface area contributed by atoms with E-state index in [9.17, 15) is 4.39 Å². The van der Waals surface area contributed by atoms with E-state index in [-0.39, 0.29) is 12.4 Å². The van der Waals surface area contributed by atoms with Crippen molar-refractivity contribution in [3.63, 3.8) is 0 Å². The van der Waals surface area contributed by atoms with Crippen molar-refractivity contribution in [3.05, 3.63) is 47.0 Å². The highest BCUT2D eigenvalue weighted by Crippen LogP contribution is 2.32. The number of nitrogens with zero attached hydrogens (tertiary/aromatic N) is 1. The third-order valence-electron chi connectivity index (χ3n) is 2.69. The third-order valence-corrected chi connectivity index (χ3v) is 3.52. The molecule has 98 valence electrons. The van der Waals surface area contributed by atoms with Crippen LogP contribution in [0.4, 0.5) is 4.39 Å². The highest BCUT2D eigenvalue weighted by Gasteiger charge is 2.20. The molecule has 6 heteroatoms. The van der Waals surface area contributed by atoms with Crippen LogP contribution < -0.4 is 10.3 Å². The second kappa shape index (κ2) is 6.19. The quantitative estimate of drug-likeness (QED) is 0.519. The van der Waals surface area contributed by atoms with Gasteiger partial charge < -0.3 is 5.11 Å². The molecule has 1 aliphatic rings. The summed E-state index contributed by atoms with van der Waals surface area (Å²) in [6.07, 6.45) is 3.72. The van der Waals surface area contributed by atoms with E-state index in [2.05, 4.69) is 10.3 Å². The van der Waals surface area contributed by atoms with Gasteiger partial charge in [0.1, 0.15) is 5.82 Å². The van der Waals surface area contributed by atoms with E-state index in [4.69, 9.17) is 5.11 Å². The molecule has 0 aromatic heterocycles. The smallest absolute Gasteiger partial charge is 0.128 e. The number of hydrazine groups is 1. The van der Waals surface area contributed by atoms with Crippen molar-refractivity contribution in [1.82, 2.24) is 14.6 Å². The lowest BCUT2D eigenvalue weighted by Crippen LogP contribution is -2.21. The summed E-state index contributed by atoms with van der Waals surface area (Å²) in [5, 5.41) is 8.88. The Bertz CT molecular complexity index is 453. The summed E-state index contributed by atoms with van der Waals surface area (Å²) in [5.74, 6) is -0.331. The number of aryl methyl sites for hydroxylation is 1. The van der Waals surface area contributed by atoms with E-state index in [1.54, 1.807) is 6.07 Å². The second-order valence-electron chi connectivity index (χ2n) is 3.97. The van der Waals surface area contributed by atoms with Gasteiger partial charge in [0.15, 0.2) is 0 Å². The summed E-state index contributed by atoms with van der Waals surface area (Å²) in [5.41, 5.74) is 5.34. The fourth-order valence-electron chi connectivity index (χ4n) is 1.61. The average molecular weight is 269 g/mol. The second-order valence-corrected chi connectivity index (χ2v) is 4.75. The van der Waals surface area contributed by atoms with Gasteiger partial charge in [0, 0.05) is 17.5 Å². The van der Waals surface area contributed by atoms with Crippen LogP contribution in [0.25, 0.3) is 0 Å². The van der Waals surface area contributed by atoms with Gasteiger partial charge in [-0.1, -0.05) is 12.1 Å². The summed E-state index contributed by atoms with van der Waals surface area (Å²) in [6.45, 7) is -0.253. The van der Waals surface area contributed by atoms with Gasteiger partial charge in [-0.2, -0.15) is 4.83 Å². The molecule has 0 atom stereocenters. The minimum atomic E-state index is -0.331. The lowest BCUT2D eigenvalue weighted by atomic mass is 10.1. The molecule has 4 nitrogen and oxygen atoms in total. The topological polar surface area (TPSA) is 47.3 Å². The molecule has 1 aliphatic heterocycles. The molecule has 0 unspecified atom stereocenters. The molecule has 1 aromatic carbocycles. The molecule has 1 aromatic rings. The predicted molar refractivity (Wildman–Crippen MR) is 70.4 cm³/mol. The van der Waals surface area contributed by atoms with Gasteiger partial charge in [0.25, 0.3) is 0 Å². The molecule has 0 amide bonds. The Balaban J connectivity index is 1.78. The lowest BCUT2D eigenvalue weighted by Gasteiger charge is -2.06. The van der Waals surface area contributed by atoms with Crippen molar-refractivity contribution in [2.24, 2.45) is 0 Å².